The van der Waals surface area contributed by atoms with E-state index in [9.17, 15) is 9.18 Å². The molecular weight excluding hydrogens is 233 g/mol. The zero-order valence-corrected chi connectivity index (χ0v) is 9.81. The molecule has 0 atom stereocenters. The number of carbonyl (C=O) groups is 1. The van der Waals surface area contributed by atoms with Gasteiger partial charge in [-0.15, -0.1) is 0 Å². The lowest BCUT2D eigenvalue weighted by Gasteiger charge is -2.07. The van der Waals surface area contributed by atoms with Gasteiger partial charge in [0.25, 0.3) is 0 Å². The van der Waals surface area contributed by atoms with Crippen molar-refractivity contribution in [2.75, 3.05) is 12.8 Å². The number of halogens is 1. The van der Waals surface area contributed by atoms with Crippen LogP contribution in [0.25, 0.3) is 0 Å². The second kappa shape index (κ2) is 4.87. The van der Waals surface area contributed by atoms with E-state index in [-0.39, 0.29) is 11.6 Å². The number of ether oxygens (including phenoxy) is 1. The molecule has 0 heterocycles. The molecule has 0 aliphatic carbocycles. The van der Waals surface area contributed by atoms with Crippen molar-refractivity contribution < 1.29 is 13.9 Å². The summed E-state index contributed by atoms with van der Waals surface area (Å²) in [6.45, 7) is 0. The van der Waals surface area contributed by atoms with E-state index in [4.69, 9.17) is 10.5 Å². The molecular formula is C14H12FNO2. The van der Waals surface area contributed by atoms with Crippen molar-refractivity contribution in [3.05, 3.63) is 59.4 Å². The minimum atomic E-state index is -0.384. The molecule has 0 saturated carbocycles. The normalized spacial score (nSPS) is 10.1. The smallest absolute Gasteiger partial charge is 0.195 e. The molecule has 2 rings (SSSR count). The van der Waals surface area contributed by atoms with Crippen LogP contribution in [0.1, 0.15) is 15.9 Å². The number of hydrogen-bond acceptors (Lipinski definition) is 3. The van der Waals surface area contributed by atoms with Crippen LogP contribution in [0.2, 0.25) is 0 Å². The molecule has 0 saturated heterocycles. The highest BCUT2D eigenvalue weighted by molar-refractivity contribution is 6.12. The first-order valence-electron chi connectivity index (χ1n) is 5.35. The third-order valence-electron chi connectivity index (χ3n) is 2.61. The van der Waals surface area contributed by atoms with Crippen molar-refractivity contribution in [1.29, 1.82) is 0 Å². The maximum atomic E-state index is 12.8. The number of rotatable bonds is 3. The van der Waals surface area contributed by atoms with Gasteiger partial charge in [-0.1, -0.05) is 0 Å². The van der Waals surface area contributed by atoms with Crippen molar-refractivity contribution in [1.82, 2.24) is 0 Å². The Morgan fingerprint density at radius 1 is 1.17 bits per heavy atom. The zero-order chi connectivity index (χ0) is 13.1. The first kappa shape index (κ1) is 12.1. The molecule has 0 aromatic heterocycles. The van der Waals surface area contributed by atoms with E-state index >= 15 is 0 Å². The van der Waals surface area contributed by atoms with Gasteiger partial charge in [0.15, 0.2) is 5.78 Å². The summed E-state index contributed by atoms with van der Waals surface area (Å²) < 4.78 is 17.8. The molecule has 4 heteroatoms. The Balaban J connectivity index is 2.42. The number of ketones is 1. The summed E-state index contributed by atoms with van der Waals surface area (Å²) in [6, 6.07) is 10.2. The minimum Gasteiger partial charge on any atom is -0.497 e. The maximum absolute atomic E-state index is 12.8. The Hall–Kier alpha value is -2.36. The fourth-order valence-corrected chi connectivity index (χ4v) is 1.62. The highest BCUT2D eigenvalue weighted by Gasteiger charge is 2.13. The number of hydrogen-bond donors (Lipinski definition) is 1. The van der Waals surface area contributed by atoms with Crippen LogP contribution in [0.15, 0.2) is 42.5 Å². The van der Waals surface area contributed by atoms with Gasteiger partial charge in [0.05, 0.1) is 7.11 Å². The first-order chi connectivity index (χ1) is 8.61. The van der Waals surface area contributed by atoms with Crippen LogP contribution in [0.3, 0.4) is 0 Å². The predicted octanol–water partition coefficient (Wildman–Crippen LogP) is 2.65. The third-order valence-corrected chi connectivity index (χ3v) is 2.61. The van der Waals surface area contributed by atoms with Gasteiger partial charge >= 0.3 is 0 Å². The number of nitrogens with two attached hydrogens (primary N) is 1. The Kier molecular flexibility index (Phi) is 3.28. The number of benzene rings is 2. The summed E-state index contributed by atoms with van der Waals surface area (Å²) in [5.74, 6) is -0.0915. The van der Waals surface area contributed by atoms with E-state index in [2.05, 4.69) is 0 Å². The quantitative estimate of drug-likeness (QED) is 0.668. The lowest BCUT2D eigenvalue weighted by molar-refractivity contribution is 0.103. The topological polar surface area (TPSA) is 52.3 Å². The van der Waals surface area contributed by atoms with Crippen molar-refractivity contribution >= 4 is 11.5 Å². The molecule has 0 aliphatic heterocycles. The number of anilines is 1. The lowest BCUT2D eigenvalue weighted by Crippen LogP contribution is -2.05. The van der Waals surface area contributed by atoms with Gasteiger partial charge in [0.2, 0.25) is 0 Å². The SMILES string of the molecule is COc1ccc(N)c(C(=O)c2ccc(F)cc2)c1. The van der Waals surface area contributed by atoms with Crippen LogP contribution in [-0.2, 0) is 0 Å². The summed E-state index contributed by atoms with van der Waals surface area (Å²) in [4.78, 5) is 12.2. The molecule has 0 unspecified atom stereocenters. The minimum absolute atomic E-state index is 0.258. The fourth-order valence-electron chi connectivity index (χ4n) is 1.62. The molecule has 3 nitrogen and oxygen atoms in total. The Morgan fingerprint density at radius 3 is 2.44 bits per heavy atom. The molecule has 0 radical (unpaired) electrons. The van der Waals surface area contributed by atoms with E-state index in [1.54, 1.807) is 18.2 Å². The molecule has 2 N–H and O–H groups in total. The van der Waals surface area contributed by atoms with E-state index in [1.165, 1.54) is 31.4 Å². The van der Waals surface area contributed by atoms with Crippen LogP contribution < -0.4 is 10.5 Å². The molecule has 0 fully saturated rings. The largest absolute Gasteiger partial charge is 0.497 e. The van der Waals surface area contributed by atoms with Crippen molar-refractivity contribution in [2.45, 2.75) is 0 Å². The van der Waals surface area contributed by atoms with Crippen LogP contribution >= 0.6 is 0 Å². The van der Waals surface area contributed by atoms with E-state index in [0.29, 0.717) is 22.6 Å². The maximum Gasteiger partial charge on any atom is 0.195 e. The second-order valence-electron chi connectivity index (χ2n) is 3.79. The van der Waals surface area contributed by atoms with Gasteiger partial charge < -0.3 is 10.5 Å². The predicted molar refractivity (Wildman–Crippen MR) is 67.2 cm³/mol. The van der Waals surface area contributed by atoms with E-state index in [1.807, 2.05) is 0 Å². The van der Waals surface area contributed by atoms with Crippen LogP contribution in [-0.4, -0.2) is 12.9 Å². The summed E-state index contributed by atoms with van der Waals surface area (Å²) in [5, 5.41) is 0. The zero-order valence-electron chi connectivity index (χ0n) is 9.81. The fraction of sp³-hybridized carbons (Fsp3) is 0.0714. The number of methoxy groups -OCH3 is 1. The second-order valence-corrected chi connectivity index (χ2v) is 3.79. The molecule has 18 heavy (non-hydrogen) atoms. The van der Waals surface area contributed by atoms with Crippen LogP contribution in [0.4, 0.5) is 10.1 Å². The average Bonchev–Trinajstić information content (AvgIpc) is 2.39. The molecule has 0 amide bonds. The molecule has 0 spiro atoms. The van der Waals surface area contributed by atoms with Crippen molar-refractivity contribution in [2.24, 2.45) is 0 Å². The van der Waals surface area contributed by atoms with E-state index < -0.39 is 0 Å². The summed E-state index contributed by atoms with van der Waals surface area (Å²) >= 11 is 0. The van der Waals surface area contributed by atoms with Gasteiger partial charge in [0.1, 0.15) is 11.6 Å². The Morgan fingerprint density at radius 2 is 1.83 bits per heavy atom. The Bertz CT molecular complexity index is 579. The Labute approximate surface area is 104 Å². The standard InChI is InChI=1S/C14H12FNO2/c1-18-11-6-7-13(16)12(8-11)14(17)9-2-4-10(15)5-3-9/h2-8H,16H2,1H3. The monoisotopic (exact) mass is 245 g/mol. The van der Waals surface area contributed by atoms with Gasteiger partial charge in [-0.3, -0.25) is 4.79 Å². The van der Waals surface area contributed by atoms with Gasteiger partial charge in [0, 0.05) is 16.8 Å². The summed E-state index contributed by atoms with van der Waals surface area (Å²) in [5.41, 5.74) is 6.86. The third kappa shape index (κ3) is 2.32. The van der Waals surface area contributed by atoms with Gasteiger partial charge in [-0.2, -0.15) is 0 Å². The summed E-state index contributed by atoms with van der Waals surface area (Å²) in [6.07, 6.45) is 0. The van der Waals surface area contributed by atoms with Gasteiger partial charge in [-0.25, -0.2) is 4.39 Å². The highest BCUT2D eigenvalue weighted by Crippen LogP contribution is 2.22. The number of nitrogen functional groups attached to an aromatic ring is 1. The van der Waals surface area contributed by atoms with Crippen LogP contribution in [0.5, 0.6) is 5.75 Å². The molecule has 2 aromatic carbocycles. The van der Waals surface area contributed by atoms with E-state index in [0.717, 1.165) is 0 Å². The average molecular weight is 245 g/mol. The molecule has 0 aliphatic rings. The number of carbonyl (C=O) groups excluding carboxylic acids is 1. The van der Waals surface area contributed by atoms with Gasteiger partial charge in [-0.05, 0) is 42.5 Å². The van der Waals surface area contributed by atoms with Crippen molar-refractivity contribution in [3.63, 3.8) is 0 Å². The lowest BCUT2D eigenvalue weighted by atomic mass is 10.0. The van der Waals surface area contributed by atoms with Crippen molar-refractivity contribution in [3.8, 4) is 5.75 Å². The molecule has 2 aromatic rings. The summed E-state index contributed by atoms with van der Waals surface area (Å²) in [7, 11) is 1.51. The first-order valence-corrected chi connectivity index (χ1v) is 5.35. The van der Waals surface area contributed by atoms with Crippen LogP contribution in [0, 0.1) is 5.82 Å². The highest BCUT2D eigenvalue weighted by atomic mass is 19.1. The molecule has 0 bridgehead atoms. The molecule has 92 valence electrons.